The van der Waals surface area contributed by atoms with Crippen LogP contribution in [0.5, 0.6) is 0 Å². The lowest BCUT2D eigenvalue weighted by Gasteiger charge is -2.10. The second-order valence-corrected chi connectivity index (χ2v) is 4.07. The van der Waals surface area contributed by atoms with Crippen LogP contribution in [0, 0.1) is 5.92 Å². The molecule has 2 aromatic rings. The average Bonchev–Trinajstić information content (AvgIpc) is 2.70. The van der Waals surface area contributed by atoms with Crippen molar-refractivity contribution in [2.24, 2.45) is 5.92 Å². The Labute approximate surface area is 92.9 Å². The molecular weight excluding hydrogens is 210 g/mol. The highest BCUT2D eigenvalue weighted by atomic mass is 32.1. The molecule has 0 bridgehead atoms. The summed E-state index contributed by atoms with van der Waals surface area (Å²) in [6.07, 6.45) is 5.19. The molecule has 4 nitrogen and oxygen atoms in total. The molecule has 1 atom stereocenters. The van der Waals surface area contributed by atoms with E-state index >= 15 is 0 Å². The molecule has 0 N–H and O–H groups in total. The van der Waals surface area contributed by atoms with Crippen LogP contribution in [0.4, 0.5) is 0 Å². The minimum absolute atomic E-state index is 0.00336. The molecule has 0 fully saturated rings. The highest BCUT2D eigenvalue weighted by Crippen LogP contribution is 2.01. The van der Waals surface area contributed by atoms with Gasteiger partial charge in [0.05, 0.1) is 6.20 Å². The molecule has 0 radical (unpaired) electrons. The average molecular weight is 223 g/mol. The van der Waals surface area contributed by atoms with Gasteiger partial charge in [0.1, 0.15) is 5.52 Å². The Morgan fingerprint density at radius 3 is 3.07 bits per heavy atom. The van der Waals surface area contributed by atoms with Crippen LogP contribution in [0.25, 0.3) is 5.52 Å². The molecule has 2 heterocycles. The van der Waals surface area contributed by atoms with Gasteiger partial charge < -0.3 is 4.57 Å². The van der Waals surface area contributed by atoms with Gasteiger partial charge in [-0.2, -0.15) is 17.7 Å². The van der Waals surface area contributed by atoms with Crippen LogP contribution >= 0.6 is 12.6 Å². The van der Waals surface area contributed by atoms with Gasteiger partial charge >= 0.3 is 0 Å². The van der Waals surface area contributed by atoms with Crippen molar-refractivity contribution in [3.8, 4) is 0 Å². The number of hydrogen-bond acceptors (Lipinski definition) is 3. The van der Waals surface area contributed by atoms with E-state index in [1.165, 1.54) is 0 Å². The maximum Gasteiger partial charge on any atom is 0.276 e. The Morgan fingerprint density at radius 1 is 1.53 bits per heavy atom. The first-order valence-corrected chi connectivity index (χ1v) is 5.49. The van der Waals surface area contributed by atoms with Crippen LogP contribution in [0.2, 0.25) is 0 Å². The SMILES string of the molecule is CC(CS)Cn1ccn2nccc2c1=O. The van der Waals surface area contributed by atoms with Crippen LogP contribution in [-0.2, 0) is 6.54 Å². The quantitative estimate of drug-likeness (QED) is 0.790. The van der Waals surface area contributed by atoms with Crippen molar-refractivity contribution in [3.05, 3.63) is 35.0 Å². The highest BCUT2D eigenvalue weighted by Gasteiger charge is 2.05. The van der Waals surface area contributed by atoms with Crippen LogP contribution in [-0.4, -0.2) is 19.9 Å². The lowest BCUT2D eigenvalue weighted by Crippen LogP contribution is -2.24. The van der Waals surface area contributed by atoms with Crippen molar-refractivity contribution in [1.82, 2.24) is 14.2 Å². The second-order valence-electron chi connectivity index (χ2n) is 3.70. The summed E-state index contributed by atoms with van der Waals surface area (Å²) in [6.45, 7) is 2.77. The van der Waals surface area contributed by atoms with Crippen molar-refractivity contribution in [2.75, 3.05) is 5.75 Å². The highest BCUT2D eigenvalue weighted by molar-refractivity contribution is 7.80. The number of thiol groups is 1. The molecule has 1 unspecified atom stereocenters. The van der Waals surface area contributed by atoms with E-state index in [0.717, 1.165) is 5.75 Å². The molecule has 0 saturated carbocycles. The van der Waals surface area contributed by atoms with Gasteiger partial charge in [0.15, 0.2) is 0 Å². The zero-order valence-corrected chi connectivity index (χ0v) is 9.39. The number of rotatable bonds is 3. The fourth-order valence-electron chi connectivity index (χ4n) is 1.50. The Hall–Kier alpha value is -1.23. The second kappa shape index (κ2) is 4.10. The first-order valence-electron chi connectivity index (χ1n) is 4.86. The number of hydrogen-bond donors (Lipinski definition) is 1. The minimum atomic E-state index is 0.00336. The Kier molecular flexibility index (Phi) is 2.81. The van der Waals surface area contributed by atoms with Gasteiger partial charge in [-0.3, -0.25) is 4.79 Å². The van der Waals surface area contributed by atoms with E-state index < -0.39 is 0 Å². The van der Waals surface area contributed by atoms with Gasteiger partial charge in [-0.15, -0.1) is 0 Å². The van der Waals surface area contributed by atoms with Crippen molar-refractivity contribution >= 4 is 18.1 Å². The standard InChI is InChI=1S/C10H13N3OS/c1-8(7-15)6-12-4-5-13-9(10(12)14)2-3-11-13/h2-5,8,15H,6-7H2,1H3. The summed E-state index contributed by atoms with van der Waals surface area (Å²) in [7, 11) is 0. The van der Waals surface area contributed by atoms with E-state index in [2.05, 4.69) is 24.7 Å². The third kappa shape index (κ3) is 1.92. The van der Waals surface area contributed by atoms with Gasteiger partial charge in [-0.1, -0.05) is 6.92 Å². The smallest absolute Gasteiger partial charge is 0.276 e. The largest absolute Gasteiger partial charge is 0.312 e. The number of nitrogens with zero attached hydrogens (tertiary/aromatic N) is 3. The van der Waals surface area contributed by atoms with Crippen LogP contribution in [0.1, 0.15) is 6.92 Å². The summed E-state index contributed by atoms with van der Waals surface area (Å²) in [5.41, 5.74) is 0.618. The molecule has 0 amide bonds. The normalized spacial score (nSPS) is 13.2. The number of aromatic nitrogens is 3. The maximum absolute atomic E-state index is 11.9. The molecule has 5 heteroatoms. The van der Waals surface area contributed by atoms with E-state index in [9.17, 15) is 4.79 Å². The van der Waals surface area contributed by atoms with Crippen molar-refractivity contribution in [1.29, 1.82) is 0 Å². The van der Waals surface area contributed by atoms with Gasteiger partial charge in [0.2, 0.25) is 0 Å². The Balaban J connectivity index is 2.44. The monoisotopic (exact) mass is 223 g/mol. The van der Waals surface area contributed by atoms with Crippen molar-refractivity contribution < 1.29 is 0 Å². The molecule has 0 spiro atoms. The third-order valence-corrected chi connectivity index (χ3v) is 2.98. The molecule has 2 aromatic heterocycles. The fourth-order valence-corrected chi connectivity index (χ4v) is 1.61. The molecule has 15 heavy (non-hydrogen) atoms. The number of fused-ring (bicyclic) bond motifs is 1. The summed E-state index contributed by atoms with van der Waals surface area (Å²) in [4.78, 5) is 11.9. The molecule has 0 saturated heterocycles. The van der Waals surface area contributed by atoms with E-state index in [-0.39, 0.29) is 5.56 Å². The van der Waals surface area contributed by atoms with Gasteiger partial charge in [-0.05, 0) is 17.7 Å². The van der Waals surface area contributed by atoms with Crippen LogP contribution < -0.4 is 5.56 Å². The van der Waals surface area contributed by atoms with E-state index in [0.29, 0.717) is 18.0 Å². The molecular formula is C10H13N3OS. The van der Waals surface area contributed by atoms with Gasteiger partial charge in [0.25, 0.3) is 5.56 Å². The van der Waals surface area contributed by atoms with Crippen LogP contribution in [0.15, 0.2) is 29.5 Å². The van der Waals surface area contributed by atoms with Gasteiger partial charge in [0, 0.05) is 18.9 Å². The zero-order chi connectivity index (χ0) is 10.8. The van der Waals surface area contributed by atoms with Crippen LogP contribution in [0.3, 0.4) is 0 Å². The fraction of sp³-hybridized carbons (Fsp3) is 0.400. The van der Waals surface area contributed by atoms with Gasteiger partial charge in [-0.25, -0.2) is 4.52 Å². The van der Waals surface area contributed by atoms with Crippen molar-refractivity contribution in [2.45, 2.75) is 13.5 Å². The summed E-state index contributed by atoms with van der Waals surface area (Å²) in [5, 5.41) is 4.01. The predicted octanol–water partition coefficient (Wildman–Crippen LogP) is 1.06. The zero-order valence-electron chi connectivity index (χ0n) is 8.50. The molecule has 0 aliphatic rings. The molecule has 80 valence electrons. The molecule has 0 aromatic carbocycles. The first kappa shape index (κ1) is 10.3. The summed E-state index contributed by atoms with van der Waals surface area (Å²) >= 11 is 4.21. The van der Waals surface area contributed by atoms with E-state index in [1.54, 1.807) is 33.7 Å². The predicted molar refractivity (Wildman–Crippen MR) is 62.5 cm³/mol. The summed E-state index contributed by atoms with van der Waals surface area (Å²) in [5.74, 6) is 1.16. The first-order chi connectivity index (χ1) is 7.22. The topological polar surface area (TPSA) is 39.3 Å². The lowest BCUT2D eigenvalue weighted by molar-refractivity contribution is 0.517. The maximum atomic E-state index is 11.9. The third-order valence-electron chi connectivity index (χ3n) is 2.36. The molecule has 0 aliphatic heterocycles. The Morgan fingerprint density at radius 2 is 2.33 bits per heavy atom. The molecule has 0 aliphatic carbocycles. The Bertz CT molecular complexity index is 517. The van der Waals surface area contributed by atoms with Crippen molar-refractivity contribution in [3.63, 3.8) is 0 Å². The minimum Gasteiger partial charge on any atom is -0.312 e. The molecule has 2 rings (SSSR count). The summed E-state index contributed by atoms with van der Waals surface area (Å²) < 4.78 is 3.29. The van der Waals surface area contributed by atoms with E-state index in [4.69, 9.17) is 0 Å². The lowest BCUT2D eigenvalue weighted by atomic mass is 10.2. The van der Waals surface area contributed by atoms with E-state index in [1.807, 2.05) is 0 Å². The summed E-state index contributed by atoms with van der Waals surface area (Å²) in [6, 6.07) is 1.73.